The lowest BCUT2D eigenvalue weighted by Gasteiger charge is -2.22. The molecule has 4 nitrogen and oxygen atoms in total. The standard InChI is InChI=1S/C69H46N4/c1-69(2)55-34-32-48(73-59-29-17-14-26-52(59)66-63(73)38-36-61-65(66)50-24-12-15-27-57(50)70(61)45-18-6-3-7-19-45)42-53(55)49-33-30-44(41-56(49)69)43-31-35-60-54(40-43)68-64(72(60)47-22-10-5-11-23-47)39-37-62-67(68)51-25-13-16-28-58(51)71(62)46-20-8-4-9-21-46/h3-42H,1-2H3. The molecule has 0 saturated heterocycles. The van der Waals surface area contributed by atoms with E-state index in [1.54, 1.807) is 0 Å². The second kappa shape index (κ2) is 14.8. The van der Waals surface area contributed by atoms with Crippen LogP contribution in [0.5, 0.6) is 0 Å². The Balaban J connectivity index is 0.875. The molecule has 342 valence electrons. The van der Waals surface area contributed by atoms with Gasteiger partial charge in [-0.05, 0) is 143 Å². The summed E-state index contributed by atoms with van der Waals surface area (Å²) in [5.41, 5.74) is 21.9. The second-order valence-corrected chi connectivity index (χ2v) is 20.5. The predicted molar refractivity (Wildman–Crippen MR) is 307 cm³/mol. The van der Waals surface area contributed by atoms with Gasteiger partial charge in [0, 0.05) is 71.3 Å². The van der Waals surface area contributed by atoms with E-state index in [1.165, 1.54) is 132 Å². The van der Waals surface area contributed by atoms with Crippen LogP contribution in [0.15, 0.2) is 243 Å². The highest BCUT2D eigenvalue weighted by atomic mass is 15.0. The molecule has 0 bridgehead atoms. The van der Waals surface area contributed by atoms with Crippen LogP contribution in [-0.4, -0.2) is 18.3 Å². The van der Waals surface area contributed by atoms with E-state index in [4.69, 9.17) is 0 Å². The third-order valence-electron chi connectivity index (χ3n) is 16.3. The number of para-hydroxylation sites is 6. The fraction of sp³-hybridized carbons (Fsp3) is 0.0435. The van der Waals surface area contributed by atoms with Gasteiger partial charge in [0.05, 0.1) is 44.1 Å². The molecule has 0 atom stereocenters. The number of benzene rings is 11. The molecule has 11 aromatic carbocycles. The molecular formula is C69H46N4. The molecule has 0 saturated carbocycles. The van der Waals surface area contributed by atoms with E-state index in [1.807, 2.05) is 0 Å². The van der Waals surface area contributed by atoms with Crippen molar-refractivity contribution in [3.8, 4) is 45.0 Å². The van der Waals surface area contributed by atoms with Crippen LogP contribution in [0.3, 0.4) is 0 Å². The minimum absolute atomic E-state index is 0.204. The van der Waals surface area contributed by atoms with Crippen LogP contribution >= 0.6 is 0 Å². The molecule has 16 rings (SSSR count). The average Bonchev–Trinajstić information content (AvgIpc) is 4.22. The van der Waals surface area contributed by atoms with Gasteiger partial charge in [0.15, 0.2) is 0 Å². The largest absolute Gasteiger partial charge is 0.309 e. The van der Waals surface area contributed by atoms with Gasteiger partial charge in [-0.3, -0.25) is 0 Å². The number of aromatic nitrogens is 4. The molecular weight excluding hydrogens is 885 g/mol. The molecule has 4 heterocycles. The molecule has 4 heteroatoms. The summed E-state index contributed by atoms with van der Waals surface area (Å²) in [6.45, 7) is 4.80. The molecule has 1 aliphatic rings. The zero-order valence-electron chi connectivity index (χ0n) is 40.4. The second-order valence-electron chi connectivity index (χ2n) is 20.5. The van der Waals surface area contributed by atoms with E-state index in [-0.39, 0.29) is 5.41 Å². The number of hydrogen-bond donors (Lipinski definition) is 0. The van der Waals surface area contributed by atoms with Gasteiger partial charge in [-0.25, -0.2) is 0 Å². The summed E-state index contributed by atoms with van der Waals surface area (Å²) in [6.07, 6.45) is 0. The van der Waals surface area contributed by atoms with E-state index in [0.29, 0.717) is 0 Å². The quantitative estimate of drug-likeness (QED) is 0.164. The molecule has 1 aliphatic carbocycles. The lowest BCUT2D eigenvalue weighted by molar-refractivity contribution is 0.660. The highest BCUT2D eigenvalue weighted by Gasteiger charge is 2.36. The molecule has 0 aliphatic heterocycles. The Hall–Kier alpha value is -9.38. The molecule has 0 N–H and O–H groups in total. The normalized spacial score (nSPS) is 13.2. The summed E-state index contributed by atoms with van der Waals surface area (Å²) in [6, 6.07) is 90.0. The molecule has 73 heavy (non-hydrogen) atoms. The summed E-state index contributed by atoms with van der Waals surface area (Å²) >= 11 is 0. The molecule has 0 fully saturated rings. The third kappa shape index (κ3) is 5.50. The van der Waals surface area contributed by atoms with Crippen LogP contribution in [0, 0.1) is 0 Å². The first-order chi connectivity index (χ1) is 36.0. The van der Waals surface area contributed by atoms with Crippen molar-refractivity contribution in [3.63, 3.8) is 0 Å². The van der Waals surface area contributed by atoms with E-state index in [2.05, 4.69) is 275 Å². The number of rotatable bonds is 5. The highest BCUT2D eigenvalue weighted by molar-refractivity contribution is 6.30. The molecule has 0 unspecified atom stereocenters. The first-order valence-corrected chi connectivity index (χ1v) is 25.4. The summed E-state index contributed by atoms with van der Waals surface area (Å²) in [4.78, 5) is 0. The van der Waals surface area contributed by atoms with E-state index >= 15 is 0 Å². The molecule has 0 amide bonds. The van der Waals surface area contributed by atoms with Gasteiger partial charge in [0.25, 0.3) is 0 Å². The third-order valence-corrected chi connectivity index (χ3v) is 16.3. The van der Waals surface area contributed by atoms with Gasteiger partial charge >= 0.3 is 0 Å². The maximum absolute atomic E-state index is 2.49. The van der Waals surface area contributed by atoms with Crippen molar-refractivity contribution in [2.45, 2.75) is 19.3 Å². The Bertz CT molecular complexity index is 4790. The van der Waals surface area contributed by atoms with E-state index in [9.17, 15) is 0 Å². The number of nitrogens with zero attached hydrogens (tertiary/aromatic N) is 4. The van der Waals surface area contributed by atoms with Gasteiger partial charge in [0.1, 0.15) is 0 Å². The zero-order valence-corrected chi connectivity index (χ0v) is 40.4. The highest BCUT2D eigenvalue weighted by Crippen LogP contribution is 2.52. The zero-order chi connectivity index (χ0) is 48.1. The maximum Gasteiger partial charge on any atom is 0.0548 e. The van der Waals surface area contributed by atoms with Crippen LogP contribution in [0.1, 0.15) is 25.0 Å². The van der Waals surface area contributed by atoms with E-state index < -0.39 is 0 Å². The summed E-state index contributed by atoms with van der Waals surface area (Å²) in [5.74, 6) is 0. The van der Waals surface area contributed by atoms with Crippen molar-refractivity contribution >= 4 is 87.2 Å². The first-order valence-electron chi connectivity index (χ1n) is 25.4. The van der Waals surface area contributed by atoms with Crippen LogP contribution in [0.4, 0.5) is 0 Å². The minimum Gasteiger partial charge on any atom is -0.309 e. The lowest BCUT2D eigenvalue weighted by atomic mass is 9.81. The number of fused-ring (bicyclic) bond motifs is 17. The molecule has 4 aromatic heterocycles. The van der Waals surface area contributed by atoms with Gasteiger partial charge in [-0.1, -0.05) is 147 Å². The fourth-order valence-corrected chi connectivity index (χ4v) is 13.2. The van der Waals surface area contributed by atoms with Gasteiger partial charge in [0.2, 0.25) is 0 Å². The Morgan fingerprint density at radius 3 is 1.10 bits per heavy atom. The van der Waals surface area contributed by atoms with Crippen molar-refractivity contribution in [1.82, 2.24) is 18.3 Å². The Kier molecular flexibility index (Phi) is 8.20. The Morgan fingerprint density at radius 2 is 0.616 bits per heavy atom. The van der Waals surface area contributed by atoms with Crippen LogP contribution in [0.25, 0.3) is 132 Å². The fourth-order valence-electron chi connectivity index (χ4n) is 13.2. The Labute approximate surface area is 421 Å². The average molecular weight is 931 g/mol. The predicted octanol–water partition coefficient (Wildman–Crippen LogP) is 18.0. The van der Waals surface area contributed by atoms with Crippen molar-refractivity contribution in [1.29, 1.82) is 0 Å². The summed E-state index contributed by atoms with van der Waals surface area (Å²) in [5, 5.41) is 10.2. The summed E-state index contributed by atoms with van der Waals surface area (Å²) < 4.78 is 9.79. The first kappa shape index (κ1) is 40.4. The smallest absolute Gasteiger partial charge is 0.0548 e. The van der Waals surface area contributed by atoms with Crippen molar-refractivity contribution < 1.29 is 0 Å². The van der Waals surface area contributed by atoms with Crippen LogP contribution in [0.2, 0.25) is 0 Å². The monoisotopic (exact) mass is 930 g/mol. The van der Waals surface area contributed by atoms with E-state index in [0.717, 1.165) is 11.4 Å². The topological polar surface area (TPSA) is 19.7 Å². The van der Waals surface area contributed by atoms with Crippen molar-refractivity contribution in [2.75, 3.05) is 0 Å². The SMILES string of the molecule is CC1(C)c2ccc(-n3c4ccccc4c4c5c6ccccc6n(-c6ccccc6)c5ccc43)cc2-c2ccc(-c3ccc4c(c3)c3c5c6ccccc6n(-c6ccccc6)c5ccc3n4-c3ccccc3)cc21. The number of hydrogen-bond acceptors (Lipinski definition) is 0. The van der Waals surface area contributed by atoms with Crippen LogP contribution in [-0.2, 0) is 5.41 Å². The lowest BCUT2D eigenvalue weighted by Crippen LogP contribution is -2.15. The van der Waals surface area contributed by atoms with Crippen molar-refractivity contribution in [3.05, 3.63) is 254 Å². The minimum atomic E-state index is -0.204. The van der Waals surface area contributed by atoms with Gasteiger partial charge in [-0.2, -0.15) is 0 Å². The van der Waals surface area contributed by atoms with Gasteiger partial charge < -0.3 is 18.3 Å². The summed E-state index contributed by atoms with van der Waals surface area (Å²) in [7, 11) is 0. The molecule has 0 spiro atoms. The molecule has 15 aromatic rings. The van der Waals surface area contributed by atoms with Gasteiger partial charge in [-0.15, -0.1) is 0 Å². The maximum atomic E-state index is 2.49. The Morgan fingerprint density at radius 1 is 0.247 bits per heavy atom. The molecule has 0 radical (unpaired) electrons. The van der Waals surface area contributed by atoms with Crippen molar-refractivity contribution in [2.24, 2.45) is 0 Å². The van der Waals surface area contributed by atoms with Crippen LogP contribution < -0.4 is 0 Å².